The fourth-order valence-corrected chi connectivity index (χ4v) is 1.89. The van der Waals surface area contributed by atoms with E-state index >= 15 is 0 Å². The molecule has 2 heteroatoms. The SMILES string of the molecule is CCc1ccn2nccc(C(C)C)c12. The topological polar surface area (TPSA) is 17.3 Å². The summed E-state index contributed by atoms with van der Waals surface area (Å²) in [6, 6.07) is 4.29. The molecule has 14 heavy (non-hydrogen) atoms. The van der Waals surface area contributed by atoms with Gasteiger partial charge in [0.05, 0.1) is 5.52 Å². The first-order valence-electron chi connectivity index (χ1n) is 5.19. The Morgan fingerprint density at radius 1 is 1.36 bits per heavy atom. The van der Waals surface area contributed by atoms with E-state index in [1.165, 1.54) is 16.6 Å². The molecule has 0 unspecified atom stereocenters. The lowest BCUT2D eigenvalue weighted by Crippen LogP contribution is -1.97. The molecule has 2 aromatic heterocycles. The fourth-order valence-electron chi connectivity index (χ4n) is 1.89. The molecule has 0 saturated heterocycles. The molecule has 0 saturated carbocycles. The van der Waals surface area contributed by atoms with E-state index < -0.39 is 0 Å². The lowest BCUT2D eigenvalue weighted by Gasteiger charge is -2.08. The van der Waals surface area contributed by atoms with E-state index in [0.29, 0.717) is 5.92 Å². The van der Waals surface area contributed by atoms with Crippen molar-refractivity contribution in [2.45, 2.75) is 33.1 Å². The lowest BCUT2D eigenvalue weighted by atomic mass is 10.0. The summed E-state index contributed by atoms with van der Waals surface area (Å²) in [4.78, 5) is 0. The molecule has 0 radical (unpaired) electrons. The van der Waals surface area contributed by atoms with Crippen LogP contribution in [0.15, 0.2) is 24.5 Å². The molecular formula is C12H16N2. The molecule has 0 N–H and O–H groups in total. The van der Waals surface area contributed by atoms with Gasteiger partial charge >= 0.3 is 0 Å². The van der Waals surface area contributed by atoms with E-state index in [4.69, 9.17) is 0 Å². The van der Waals surface area contributed by atoms with Crippen LogP contribution in [0.25, 0.3) is 5.52 Å². The summed E-state index contributed by atoms with van der Waals surface area (Å²) in [5.74, 6) is 0.556. The van der Waals surface area contributed by atoms with Crippen LogP contribution in [0, 0.1) is 0 Å². The average Bonchev–Trinajstić information content (AvgIpc) is 2.59. The van der Waals surface area contributed by atoms with Crippen LogP contribution in [-0.2, 0) is 6.42 Å². The van der Waals surface area contributed by atoms with Crippen molar-refractivity contribution in [2.75, 3.05) is 0 Å². The lowest BCUT2D eigenvalue weighted by molar-refractivity contribution is 0.838. The highest BCUT2D eigenvalue weighted by Crippen LogP contribution is 2.23. The predicted molar refractivity (Wildman–Crippen MR) is 58.7 cm³/mol. The highest BCUT2D eigenvalue weighted by molar-refractivity contribution is 5.61. The van der Waals surface area contributed by atoms with E-state index in [0.717, 1.165) is 6.42 Å². The molecule has 2 aromatic rings. The van der Waals surface area contributed by atoms with Crippen molar-refractivity contribution in [2.24, 2.45) is 0 Å². The molecule has 0 bridgehead atoms. The minimum atomic E-state index is 0.556. The van der Waals surface area contributed by atoms with Crippen molar-refractivity contribution in [3.63, 3.8) is 0 Å². The van der Waals surface area contributed by atoms with Crippen LogP contribution in [0.3, 0.4) is 0 Å². The number of hydrogen-bond donors (Lipinski definition) is 0. The summed E-state index contributed by atoms with van der Waals surface area (Å²) in [5, 5.41) is 4.31. The number of nitrogens with zero attached hydrogens (tertiary/aromatic N) is 2. The number of aromatic nitrogens is 2. The maximum atomic E-state index is 4.31. The van der Waals surface area contributed by atoms with Gasteiger partial charge in [-0.1, -0.05) is 20.8 Å². The van der Waals surface area contributed by atoms with Gasteiger partial charge in [-0.05, 0) is 35.6 Å². The van der Waals surface area contributed by atoms with Gasteiger partial charge in [-0.2, -0.15) is 5.10 Å². The predicted octanol–water partition coefficient (Wildman–Crippen LogP) is 3.02. The van der Waals surface area contributed by atoms with Crippen LogP contribution in [0.5, 0.6) is 0 Å². The molecule has 0 aromatic carbocycles. The van der Waals surface area contributed by atoms with Crippen LogP contribution in [0.1, 0.15) is 37.8 Å². The minimum Gasteiger partial charge on any atom is -0.240 e. The Morgan fingerprint density at radius 2 is 2.14 bits per heavy atom. The van der Waals surface area contributed by atoms with E-state index in [1.807, 2.05) is 16.9 Å². The maximum absolute atomic E-state index is 4.31. The summed E-state index contributed by atoms with van der Waals surface area (Å²) in [6.07, 6.45) is 4.99. The summed E-state index contributed by atoms with van der Waals surface area (Å²) < 4.78 is 1.98. The molecule has 0 aliphatic rings. The van der Waals surface area contributed by atoms with Gasteiger partial charge in [-0.15, -0.1) is 0 Å². The second kappa shape index (κ2) is 3.45. The second-order valence-electron chi connectivity index (χ2n) is 3.93. The molecule has 2 rings (SSSR count). The Kier molecular flexibility index (Phi) is 2.28. The first-order valence-corrected chi connectivity index (χ1v) is 5.19. The van der Waals surface area contributed by atoms with Gasteiger partial charge in [0.15, 0.2) is 0 Å². The second-order valence-corrected chi connectivity index (χ2v) is 3.93. The third-order valence-corrected chi connectivity index (χ3v) is 2.67. The highest BCUT2D eigenvalue weighted by atomic mass is 15.2. The normalized spacial score (nSPS) is 11.4. The molecule has 0 atom stereocenters. The zero-order valence-corrected chi connectivity index (χ0v) is 8.99. The van der Waals surface area contributed by atoms with Crippen LogP contribution in [0.4, 0.5) is 0 Å². The third kappa shape index (κ3) is 1.31. The van der Waals surface area contributed by atoms with Gasteiger partial charge in [0.25, 0.3) is 0 Å². The summed E-state index contributed by atoms with van der Waals surface area (Å²) in [6.45, 7) is 6.63. The Morgan fingerprint density at radius 3 is 2.79 bits per heavy atom. The van der Waals surface area contributed by atoms with Gasteiger partial charge < -0.3 is 0 Å². The molecule has 2 heterocycles. The summed E-state index contributed by atoms with van der Waals surface area (Å²) in [7, 11) is 0. The quantitative estimate of drug-likeness (QED) is 0.708. The molecule has 0 aliphatic carbocycles. The zero-order chi connectivity index (χ0) is 10.1. The minimum absolute atomic E-state index is 0.556. The van der Waals surface area contributed by atoms with E-state index in [-0.39, 0.29) is 0 Å². The van der Waals surface area contributed by atoms with Crippen LogP contribution in [0.2, 0.25) is 0 Å². The van der Waals surface area contributed by atoms with Gasteiger partial charge in [0.1, 0.15) is 0 Å². The Hall–Kier alpha value is -1.31. The van der Waals surface area contributed by atoms with Crippen molar-refractivity contribution >= 4 is 5.52 Å². The maximum Gasteiger partial charge on any atom is 0.0713 e. The van der Waals surface area contributed by atoms with Crippen molar-refractivity contribution < 1.29 is 0 Å². The van der Waals surface area contributed by atoms with Crippen molar-refractivity contribution in [1.29, 1.82) is 0 Å². The first-order chi connectivity index (χ1) is 6.74. The zero-order valence-electron chi connectivity index (χ0n) is 8.99. The van der Waals surface area contributed by atoms with Gasteiger partial charge in [-0.3, -0.25) is 0 Å². The van der Waals surface area contributed by atoms with Crippen LogP contribution < -0.4 is 0 Å². The molecular weight excluding hydrogens is 172 g/mol. The third-order valence-electron chi connectivity index (χ3n) is 2.67. The number of rotatable bonds is 2. The monoisotopic (exact) mass is 188 g/mol. The molecule has 0 fully saturated rings. The average molecular weight is 188 g/mol. The molecule has 0 aliphatic heterocycles. The first kappa shape index (κ1) is 9.25. The van der Waals surface area contributed by atoms with E-state index in [1.54, 1.807) is 0 Å². The molecule has 0 amide bonds. The Balaban J connectivity index is 2.75. The Labute approximate surface area is 84.6 Å². The molecule has 2 nitrogen and oxygen atoms in total. The molecule has 0 spiro atoms. The van der Waals surface area contributed by atoms with Gasteiger partial charge in [0, 0.05) is 12.4 Å². The van der Waals surface area contributed by atoms with Crippen molar-refractivity contribution in [3.05, 3.63) is 35.7 Å². The van der Waals surface area contributed by atoms with Crippen molar-refractivity contribution in [1.82, 2.24) is 9.61 Å². The molecule has 74 valence electrons. The van der Waals surface area contributed by atoms with Gasteiger partial charge in [-0.25, -0.2) is 4.52 Å². The number of aryl methyl sites for hydroxylation is 1. The van der Waals surface area contributed by atoms with Crippen molar-refractivity contribution in [3.8, 4) is 0 Å². The smallest absolute Gasteiger partial charge is 0.0713 e. The largest absolute Gasteiger partial charge is 0.240 e. The summed E-state index contributed by atoms with van der Waals surface area (Å²) in [5.41, 5.74) is 4.08. The van der Waals surface area contributed by atoms with E-state index in [2.05, 4.69) is 38.0 Å². The number of hydrogen-bond acceptors (Lipinski definition) is 1. The summed E-state index contributed by atoms with van der Waals surface area (Å²) >= 11 is 0. The van der Waals surface area contributed by atoms with Crippen LogP contribution in [-0.4, -0.2) is 9.61 Å². The van der Waals surface area contributed by atoms with Gasteiger partial charge in [0.2, 0.25) is 0 Å². The number of fused-ring (bicyclic) bond motifs is 1. The van der Waals surface area contributed by atoms with E-state index in [9.17, 15) is 0 Å². The Bertz CT molecular complexity index is 441. The van der Waals surface area contributed by atoms with Crippen LogP contribution >= 0.6 is 0 Å². The standard InChI is InChI=1S/C12H16N2/c1-4-10-6-8-14-12(10)11(9(2)3)5-7-13-14/h5-9H,4H2,1-3H3. The fraction of sp³-hybridized carbons (Fsp3) is 0.417. The highest BCUT2D eigenvalue weighted by Gasteiger charge is 2.09.